The second-order valence-corrected chi connectivity index (χ2v) is 4.62. The van der Waals surface area contributed by atoms with Gasteiger partial charge in [-0.05, 0) is 23.2 Å². The van der Waals surface area contributed by atoms with E-state index in [1.54, 1.807) is 0 Å². The Labute approximate surface area is 112 Å². The van der Waals surface area contributed by atoms with Gasteiger partial charge in [-0.1, -0.05) is 11.6 Å². The van der Waals surface area contributed by atoms with Gasteiger partial charge in [0.1, 0.15) is 5.03 Å². The summed E-state index contributed by atoms with van der Waals surface area (Å²) in [4.78, 5) is 3.71. The van der Waals surface area contributed by atoms with Crippen LogP contribution in [-0.2, 0) is 17.3 Å². The lowest BCUT2D eigenvalue weighted by Crippen LogP contribution is -2.09. The number of pyridine rings is 1. The Morgan fingerprint density at radius 1 is 1.42 bits per heavy atom. The SMILES string of the molecule is O=S([O-])c1cc(C(F)(F)F)nn1-c1ncccc1Cl. The molecule has 0 aliphatic heterocycles. The smallest absolute Gasteiger partial charge is 0.435 e. The largest absolute Gasteiger partial charge is 0.767 e. The topological polar surface area (TPSA) is 70.8 Å². The lowest BCUT2D eigenvalue weighted by atomic mass is 10.4. The van der Waals surface area contributed by atoms with Gasteiger partial charge >= 0.3 is 6.18 Å². The first kappa shape index (κ1) is 14.0. The van der Waals surface area contributed by atoms with Gasteiger partial charge < -0.3 is 4.55 Å². The lowest BCUT2D eigenvalue weighted by Gasteiger charge is -2.09. The maximum absolute atomic E-state index is 12.5. The summed E-state index contributed by atoms with van der Waals surface area (Å²) in [6.07, 6.45) is -3.51. The molecule has 2 aromatic rings. The van der Waals surface area contributed by atoms with Crippen LogP contribution in [0.4, 0.5) is 13.2 Å². The van der Waals surface area contributed by atoms with Gasteiger partial charge in [-0.15, -0.1) is 0 Å². The molecule has 1 unspecified atom stereocenters. The lowest BCUT2D eigenvalue weighted by molar-refractivity contribution is -0.141. The number of nitrogens with zero attached hydrogens (tertiary/aromatic N) is 3. The summed E-state index contributed by atoms with van der Waals surface area (Å²) in [6, 6.07) is 3.22. The summed E-state index contributed by atoms with van der Waals surface area (Å²) < 4.78 is 60.0. The van der Waals surface area contributed by atoms with Crippen molar-refractivity contribution >= 4 is 22.7 Å². The molecule has 0 bridgehead atoms. The van der Waals surface area contributed by atoms with Crippen LogP contribution in [0.15, 0.2) is 29.4 Å². The fourth-order valence-electron chi connectivity index (χ4n) is 1.31. The van der Waals surface area contributed by atoms with Crippen LogP contribution in [-0.4, -0.2) is 23.5 Å². The third kappa shape index (κ3) is 2.77. The van der Waals surface area contributed by atoms with Crippen LogP contribution in [0.1, 0.15) is 5.69 Å². The first-order valence-electron chi connectivity index (χ1n) is 4.68. The van der Waals surface area contributed by atoms with Crippen molar-refractivity contribution in [3.05, 3.63) is 35.1 Å². The molecule has 0 aliphatic carbocycles. The van der Waals surface area contributed by atoms with E-state index in [1.807, 2.05) is 0 Å². The maximum Gasteiger partial charge on any atom is 0.435 e. The van der Waals surface area contributed by atoms with Gasteiger partial charge in [0, 0.05) is 12.3 Å². The highest BCUT2D eigenvalue weighted by molar-refractivity contribution is 7.79. The Bertz CT molecular complexity index is 644. The second-order valence-electron chi connectivity index (χ2n) is 3.32. The Balaban J connectivity index is 2.66. The molecule has 1 atom stereocenters. The van der Waals surface area contributed by atoms with Gasteiger partial charge in [0.05, 0.1) is 5.02 Å². The molecule has 0 saturated carbocycles. The van der Waals surface area contributed by atoms with Gasteiger partial charge in [-0.25, -0.2) is 9.67 Å². The zero-order chi connectivity index (χ0) is 14.2. The van der Waals surface area contributed by atoms with Crippen molar-refractivity contribution in [1.82, 2.24) is 14.8 Å². The molecule has 2 rings (SSSR count). The molecule has 0 aliphatic rings. The van der Waals surface area contributed by atoms with E-state index in [-0.39, 0.29) is 10.8 Å². The molecule has 0 fully saturated rings. The molecule has 0 N–H and O–H groups in total. The van der Waals surface area contributed by atoms with Crippen molar-refractivity contribution in [2.45, 2.75) is 11.2 Å². The normalized spacial score (nSPS) is 13.5. The van der Waals surface area contributed by atoms with Crippen molar-refractivity contribution in [2.75, 3.05) is 0 Å². The molecule has 0 saturated heterocycles. The Morgan fingerprint density at radius 3 is 2.63 bits per heavy atom. The first-order chi connectivity index (χ1) is 8.80. The molecule has 0 aromatic carbocycles. The van der Waals surface area contributed by atoms with Crippen LogP contribution in [0, 0.1) is 0 Å². The first-order valence-corrected chi connectivity index (χ1v) is 6.13. The summed E-state index contributed by atoms with van der Waals surface area (Å²) in [6.45, 7) is 0. The third-order valence-corrected chi connectivity index (χ3v) is 3.00. The Hall–Kier alpha value is -1.45. The number of hydrogen-bond donors (Lipinski definition) is 0. The minimum atomic E-state index is -4.76. The highest BCUT2D eigenvalue weighted by Gasteiger charge is 2.35. The Morgan fingerprint density at radius 2 is 2.11 bits per heavy atom. The molecule has 2 heterocycles. The summed E-state index contributed by atoms with van der Waals surface area (Å²) in [7, 11) is 0. The van der Waals surface area contributed by atoms with E-state index in [2.05, 4.69) is 10.1 Å². The quantitative estimate of drug-likeness (QED) is 0.797. The van der Waals surface area contributed by atoms with E-state index in [0.717, 1.165) is 0 Å². The number of halogens is 4. The molecule has 0 spiro atoms. The standard InChI is InChI=1S/C9H5ClF3N3O2S/c10-5-2-1-3-14-8(5)16-7(19(17)18)4-6(15-16)9(11,12)13/h1-4H,(H,17,18)/p-1. The van der Waals surface area contributed by atoms with Gasteiger partial charge in [0.2, 0.25) is 0 Å². The fraction of sp³-hybridized carbons (Fsp3) is 0.111. The van der Waals surface area contributed by atoms with Gasteiger partial charge in [0.15, 0.2) is 11.5 Å². The van der Waals surface area contributed by atoms with E-state index < -0.39 is 28.0 Å². The predicted molar refractivity (Wildman–Crippen MR) is 58.6 cm³/mol. The number of alkyl halides is 3. The van der Waals surface area contributed by atoms with E-state index in [1.165, 1.54) is 18.3 Å². The summed E-state index contributed by atoms with van der Waals surface area (Å²) in [5, 5.41) is 2.49. The monoisotopic (exact) mass is 310 g/mol. The molecule has 102 valence electrons. The van der Waals surface area contributed by atoms with Crippen LogP contribution in [0.5, 0.6) is 0 Å². The molecule has 10 heteroatoms. The third-order valence-electron chi connectivity index (χ3n) is 2.08. The van der Waals surface area contributed by atoms with Crippen molar-refractivity contribution in [2.24, 2.45) is 0 Å². The van der Waals surface area contributed by atoms with E-state index in [0.29, 0.717) is 10.7 Å². The van der Waals surface area contributed by atoms with Crippen LogP contribution >= 0.6 is 11.6 Å². The zero-order valence-electron chi connectivity index (χ0n) is 8.89. The van der Waals surface area contributed by atoms with Crippen LogP contribution < -0.4 is 0 Å². The zero-order valence-corrected chi connectivity index (χ0v) is 10.5. The van der Waals surface area contributed by atoms with Gasteiger partial charge in [-0.2, -0.15) is 18.3 Å². The summed E-state index contributed by atoms with van der Waals surface area (Å²) in [5.74, 6) is -0.195. The van der Waals surface area contributed by atoms with E-state index in [9.17, 15) is 21.9 Å². The highest BCUT2D eigenvalue weighted by Crippen LogP contribution is 2.31. The molecule has 2 aromatic heterocycles. The minimum Gasteiger partial charge on any atom is -0.767 e. The fourth-order valence-corrected chi connectivity index (χ4v) is 1.98. The van der Waals surface area contributed by atoms with E-state index in [4.69, 9.17) is 11.6 Å². The number of aromatic nitrogens is 3. The molecule has 19 heavy (non-hydrogen) atoms. The Kier molecular flexibility index (Phi) is 3.61. The molecule has 0 radical (unpaired) electrons. The molecule has 5 nitrogen and oxygen atoms in total. The summed E-state index contributed by atoms with van der Waals surface area (Å²) >= 11 is 2.84. The van der Waals surface area contributed by atoms with Crippen molar-refractivity contribution in [1.29, 1.82) is 0 Å². The van der Waals surface area contributed by atoms with E-state index >= 15 is 0 Å². The second kappa shape index (κ2) is 4.91. The highest BCUT2D eigenvalue weighted by atomic mass is 35.5. The maximum atomic E-state index is 12.5. The van der Waals surface area contributed by atoms with Gasteiger partial charge in [-0.3, -0.25) is 4.21 Å². The van der Waals surface area contributed by atoms with Crippen LogP contribution in [0.3, 0.4) is 0 Å². The molecular formula is C9H4ClF3N3O2S-. The van der Waals surface area contributed by atoms with Crippen LogP contribution in [0.2, 0.25) is 5.02 Å². The van der Waals surface area contributed by atoms with Crippen LogP contribution in [0.25, 0.3) is 5.82 Å². The van der Waals surface area contributed by atoms with Crippen molar-refractivity contribution in [3.8, 4) is 5.82 Å². The average molecular weight is 311 g/mol. The minimum absolute atomic E-state index is 0.0222. The van der Waals surface area contributed by atoms with Crippen molar-refractivity contribution in [3.63, 3.8) is 0 Å². The number of hydrogen-bond acceptors (Lipinski definition) is 4. The summed E-state index contributed by atoms with van der Waals surface area (Å²) in [5.41, 5.74) is -1.34. The molecule has 0 amide bonds. The predicted octanol–water partition coefficient (Wildman–Crippen LogP) is 2.18. The van der Waals surface area contributed by atoms with Gasteiger partial charge in [0.25, 0.3) is 0 Å². The number of rotatable bonds is 2. The molecular weight excluding hydrogens is 307 g/mol. The average Bonchev–Trinajstić information content (AvgIpc) is 2.74. The van der Waals surface area contributed by atoms with Crippen molar-refractivity contribution < 1.29 is 21.9 Å².